The van der Waals surface area contributed by atoms with E-state index in [2.05, 4.69) is 34.9 Å². The molecule has 0 bridgehead atoms. The molecule has 40 heavy (non-hydrogen) atoms. The summed E-state index contributed by atoms with van der Waals surface area (Å²) in [5.41, 5.74) is 1.11. The Morgan fingerprint density at radius 3 is 1.88 bits per heavy atom. The molecule has 0 aliphatic heterocycles. The molecule has 0 atom stereocenters. The minimum atomic E-state index is -1.09. The zero-order chi connectivity index (χ0) is 28.6. The number of hydrogen-bond acceptors (Lipinski definition) is 4. The van der Waals surface area contributed by atoms with E-state index in [0.717, 1.165) is 60.9 Å². The van der Waals surface area contributed by atoms with Gasteiger partial charge in [0.15, 0.2) is 0 Å². The molecule has 3 aromatic carbocycles. The van der Waals surface area contributed by atoms with Crippen LogP contribution >= 0.6 is 7.92 Å². The molecule has 0 radical (unpaired) electrons. The molecular formula is C33H40N3O3P. The van der Waals surface area contributed by atoms with Crippen molar-refractivity contribution >= 4 is 47.6 Å². The lowest BCUT2D eigenvalue weighted by Gasteiger charge is -2.23. The highest BCUT2D eigenvalue weighted by Gasteiger charge is 2.24. The van der Waals surface area contributed by atoms with Gasteiger partial charge in [-0.25, -0.2) is 0 Å². The Labute approximate surface area is 239 Å². The second-order valence-corrected chi connectivity index (χ2v) is 12.0. The molecule has 6 nitrogen and oxygen atoms in total. The molecule has 0 aromatic heterocycles. The second-order valence-electron chi connectivity index (χ2n) is 9.82. The summed E-state index contributed by atoms with van der Waals surface area (Å²) >= 11 is 0. The molecule has 210 valence electrons. The highest BCUT2D eigenvalue weighted by atomic mass is 31.1. The molecule has 0 unspecified atom stereocenters. The van der Waals surface area contributed by atoms with Gasteiger partial charge in [0.25, 0.3) is 11.8 Å². The number of ketones is 1. The van der Waals surface area contributed by atoms with Crippen molar-refractivity contribution in [3.8, 4) is 0 Å². The minimum absolute atomic E-state index is 0.151. The summed E-state index contributed by atoms with van der Waals surface area (Å²) in [6.07, 6.45) is 8.05. The van der Waals surface area contributed by atoms with E-state index in [0.29, 0.717) is 30.6 Å². The first-order valence-electron chi connectivity index (χ1n) is 14.1. The van der Waals surface area contributed by atoms with Gasteiger partial charge in [0.1, 0.15) is 5.78 Å². The number of carbonyl (C=O) groups excluding carboxylic acids is 3. The van der Waals surface area contributed by atoms with Crippen LogP contribution in [0.15, 0.2) is 78.9 Å². The first-order chi connectivity index (χ1) is 19.5. The zero-order valence-corrected chi connectivity index (χ0v) is 24.2. The van der Waals surface area contributed by atoms with Gasteiger partial charge in [0, 0.05) is 30.6 Å². The maximum absolute atomic E-state index is 13.5. The van der Waals surface area contributed by atoms with Crippen molar-refractivity contribution in [2.24, 2.45) is 0 Å². The van der Waals surface area contributed by atoms with Gasteiger partial charge in [-0.1, -0.05) is 73.5 Å². The van der Waals surface area contributed by atoms with E-state index in [1.807, 2.05) is 42.5 Å². The molecule has 3 N–H and O–H groups in total. The standard InChI is InChI=1S/C33H40N3O3P/c1-26(37)15-7-6-14-24-36-33(39)30-21-20-27(32(38)35-23-13-3-2-12-22-34)25-31(30)40(28-16-8-4-9-17-28)29-18-10-5-11-19-29/h4-5,8-11,16-22,25,34H,2-3,6-7,12-15,23-24H2,1H3,(H,35,38)(H,36,39). The van der Waals surface area contributed by atoms with Crippen molar-refractivity contribution in [3.63, 3.8) is 0 Å². The number of Topliss-reactive ketones (excluding diaryl/α,β-unsaturated/α-hetero) is 1. The predicted octanol–water partition coefficient (Wildman–Crippen LogP) is 5.26. The van der Waals surface area contributed by atoms with Crippen molar-refractivity contribution in [3.05, 3.63) is 90.0 Å². The van der Waals surface area contributed by atoms with Crippen molar-refractivity contribution < 1.29 is 14.4 Å². The summed E-state index contributed by atoms with van der Waals surface area (Å²) in [4.78, 5) is 37.8. The summed E-state index contributed by atoms with van der Waals surface area (Å²) in [6, 6.07) is 25.7. The molecule has 0 saturated heterocycles. The lowest BCUT2D eigenvalue weighted by atomic mass is 10.1. The molecule has 0 aliphatic rings. The first kappa shape index (κ1) is 30.9. The predicted molar refractivity (Wildman–Crippen MR) is 166 cm³/mol. The fraction of sp³-hybridized carbons (Fsp3) is 0.333. The maximum Gasteiger partial charge on any atom is 0.251 e. The summed E-state index contributed by atoms with van der Waals surface area (Å²) < 4.78 is 0. The average molecular weight is 558 g/mol. The number of amides is 2. The van der Waals surface area contributed by atoms with Crippen LogP contribution in [0, 0.1) is 5.41 Å². The summed E-state index contributed by atoms with van der Waals surface area (Å²) in [6.45, 7) is 2.71. The molecule has 0 fully saturated rings. The third kappa shape index (κ3) is 9.84. The zero-order valence-electron chi connectivity index (χ0n) is 23.3. The molecule has 7 heteroatoms. The quantitative estimate of drug-likeness (QED) is 0.120. The first-order valence-corrected chi connectivity index (χ1v) is 15.4. The van der Waals surface area contributed by atoms with Gasteiger partial charge in [-0.2, -0.15) is 0 Å². The Kier molecular flexibility index (Phi) is 13.2. The Hall–Kier alpha value is -3.63. The van der Waals surface area contributed by atoms with Gasteiger partial charge in [-0.05, 0) is 87.3 Å². The van der Waals surface area contributed by atoms with E-state index in [1.54, 1.807) is 19.1 Å². The SMILES string of the molecule is CC(=O)CCCCCNC(=O)c1ccc(C(=O)NCCCCCC=N)cc1P(c1ccccc1)c1ccccc1. The van der Waals surface area contributed by atoms with Crippen molar-refractivity contribution in [1.82, 2.24) is 10.6 Å². The monoisotopic (exact) mass is 557 g/mol. The van der Waals surface area contributed by atoms with Crippen LogP contribution in [0.1, 0.15) is 79.0 Å². The lowest BCUT2D eigenvalue weighted by Crippen LogP contribution is -2.33. The summed E-state index contributed by atoms with van der Waals surface area (Å²) in [7, 11) is -1.09. The highest BCUT2D eigenvalue weighted by molar-refractivity contribution is 7.80. The van der Waals surface area contributed by atoms with Crippen LogP contribution < -0.4 is 26.5 Å². The number of unbranched alkanes of at least 4 members (excludes halogenated alkanes) is 5. The molecule has 0 aliphatic carbocycles. The number of hydrogen-bond donors (Lipinski definition) is 3. The van der Waals surface area contributed by atoms with Crippen molar-refractivity contribution in [2.75, 3.05) is 13.1 Å². The van der Waals surface area contributed by atoms with E-state index < -0.39 is 7.92 Å². The highest BCUT2D eigenvalue weighted by Crippen LogP contribution is 2.34. The largest absolute Gasteiger partial charge is 0.352 e. The Balaban J connectivity index is 1.87. The van der Waals surface area contributed by atoms with Gasteiger partial charge in [0.05, 0.1) is 0 Å². The van der Waals surface area contributed by atoms with Crippen molar-refractivity contribution in [1.29, 1.82) is 5.41 Å². The number of carbonyl (C=O) groups is 3. The number of nitrogens with one attached hydrogen (secondary N) is 3. The Morgan fingerprint density at radius 1 is 0.725 bits per heavy atom. The van der Waals surface area contributed by atoms with Gasteiger partial charge >= 0.3 is 0 Å². The maximum atomic E-state index is 13.5. The Bertz CT molecular complexity index is 1210. The third-order valence-electron chi connectivity index (χ3n) is 6.58. The average Bonchev–Trinajstić information content (AvgIpc) is 2.97. The molecule has 0 spiro atoms. The van der Waals surface area contributed by atoms with Crippen LogP contribution in [-0.4, -0.2) is 36.9 Å². The number of benzene rings is 3. The topological polar surface area (TPSA) is 99.1 Å². The van der Waals surface area contributed by atoms with Crippen molar-refractivity contribution in [2.45, 2.75) is 58.3 Å². The van der Waals surface area contributed by atoms with Crippen LogP contribution in [0.4, 0.5) is 0 Å². The van der Waals surface area contributed by atoms with Crippen LogP contribution in [-0.2, 0) is 4.79 Å². The van der Waals surface area contributed by atoms with Crippen LogP contribution in [0.5, 0.6) is 0 Å². The van der Waals surface area contributed by atoms with E-state index in [1.165, 1.54) is 6.21 Å². The summed E-state index contributed by atoms with van der Waals surface area (Å²) in [5, 5.41) is 16.3. The normalized spacial score (nSPS) is 10.8. The molecular weight excluding hydrogens is 517 g/mol. The summed E-state index contributed by atoms with van der Waals surface area (Å²) in [5.74, 6) is -0.114. The smallest absolute Gasteiger partial charge is 0.251 e. The molecule has 0 saturated carbocycles. The van der Waals surface area contributed by atoms with E-state index in [9.17, 15) is 14.4 Å². The minimum Gasteiger partial charge on any atom is -0.352 e. The van der Waals surface area contributed by atoms with Gasteiger partial charge in [-0.3, -0.25) is 9.59 Å². The third-order valence-corrected chi connectivity index (χ3v) is 9.06. The van der Waals surface area contributed by atoms with Gasteiger partial charge in [-0.15, -0.1) is 0 Å². The van der Waals surface area contributed by atoms with Crippen LogP contribution in [0.3, 0.4) is 0 Å². The Morgan fingerprint density at radius 2 is 1.30 bits per heavy atom. The van der Waals surface area contributed by atoms with Gasteiger partial charge in [0.2, 0.25) is 0 Å². The number of rotatable bonds is 17. The molecule has 0 heterocycles. The fourth-order valence-electron chi connectivity index (χ4n) is 4.46. The van der Waals surface area contributed by atoms with E-state index >= 15 is 0 Å². The van der Waals surface area contributed by atoms with E-state index in [-0.39, 0.29) is 17.6 Å². The molecule has 3 aromatic rings. The van der Waals surface area contributed by atoms with Crippen LogP contribution in [0.2, 0.25) is 0 Å². The molecule has 2 amide bonds. The van der Waals surface area contributed by atoms with Crippen LogP contribution in [0.25, 0.3) is 0 Å². The lowest BCUT2D eigenvalue weighted by molar-refractivity contribution is -0.117. The fourth-order valence-corrected chi connectivity index (χ4v) is 6.94. The second kappa shape index (κ2) is 17.1. The van der Waals surface area contributed by atoms with Gasteiger partial charge < -0.3 is 20.8 Å². The molecule has 3 rings (SSSR count). The van der Waals surface area contributed by atoms with E-state index in [4.69, 9.17) is 5.41 Å².